The summed E-state index contributed by atoms with van der Waals surface area (Å²) in [5, 5.41) is 1.89. The van der Waals surface area contributed by atoms with Gasteiger partial charge in [0.15, 0.2) is 0 Å². The molecule has 5 heteroatoms. The molecule has 0 saturated carbocycles. The molecule has 1 heterocycles. The number of carbonyl (C=O) groups is 2. The Kier molecular flexibility index (Phi) is 4.52. The molecule has 0 atom stereocenters. The van der Waals surface area contributed by atoms with E-state index >= 15 is 0 Å². The Bertz CT molecular complexity index is 252. The highest BCUT2D eigenvalue weighted by Crippen LogP contribution is 2.12. The summed E-state index contributed by atoms with van der Waals surface area (Å²) in [5.74, 6) is 0.365. The van der Waals surface area contributed by atoms with Crippen LogP contribution in [-0.2, 0) is 14.3 Å². The molecule has 1 rings (SSSR count). The average Bonchev–Trinajstić information content (AvgIpc) is 2.20. The van der Waals surface area contributed by atoms with Crippen LogP contribution >= 0.6 is 11.8 Å². The number of ether oxygens (including phenoxy) is 1. The normalized spacial score (nSPS) is 15.8. The van der Waals surface area contributed by atoms with Crippen molar-refractivity contribution >= 4 is 23.6 Å². The van der Waals surface area contributed by atoms with E-state index in [2.05, 4.69) is 4.74 Å². The number of carbonyl (C=O) groups excluding carboxylic acids is 2. The van der Waals surface area contributed by atoms with Crippen LogP contribution in [0.25, 0.3) is 0 Å². The number of esters is 1. The van der Waals surface area contributed by atoms with Crippen LogP contribution < -0.4 is 0 Å². The maximum absolute atomic E-state index is 11.3. The van der Waals surface area contributed by atoms with Gasteiger partial charge in [0.2, 0.25) is 5.91 Å². The van der Waals surface area contributed by atoms with Crippen molar-refractivity contribution in [1.29, 1.82) is 0 Å². The summed E-state index contributed by atoms with van der Waals surface area (Å²) >= 11 is 1.49. The van der Waals surface area contributed by atoms with Crippen molar-refractivity contribution in [2.24, 2.45) is 0 Å². The van der Waals surface area contributed by atoms with E-state index in [1.54, 1.807) is 11.1 Å². The second-order valence-corrected chi connectivity index (χ2v) is 3.76. The van der Waals surface area contributed by atoms with Crippen LogP contribution in [0, 0.1) is 0 Å². The first-order valence-corrected chi connectivity index (χ1v) is 5.43. The summed E-state index contributed by atoms with van der Waals surface area (Å²) in [6, 6.07) is 0. The van der Waals surface area contributed by atoms with Gasteiger partial charge < -0.3 is 9.64 Å². The first-order valence-electron chi connectivity index (χ1n) is 4.38. The summed E-state index contributed by atoms with van der Waals surface area (Å²) in [5.41, 5.74) is 0. The zero-order chi connectivity index (χ0) is 10.4. The van der Waals surface area contributed by atoms with E-state index in [0.29, 0.717) is 25.1 Å². The van der Waals surface area contributed by atoms with Crippen LogP contribution in [0.5, 0.6) is 0 Å². The lowest BCUT2D eigenvalue weighted by Gasteiger charge is -2.20. The van der Waals surface area contributed by atoms with Gasteiger partial charge in [-0.25, -0.2) is 0 Å². The van der Waals surface area contributed by atoms with E-state index in [9.17, 15) is 9.59 Å². The molecule has 0 aromatic carbocycles. The molecule has 0 aliphatic carbocycles. The predicted molar refractivity (Wildman–Crippen MR) is 54.6 cm³/mol. The third-order valence-corrected chi connectivity index (χ3v) is 2.60. The minimum atomic E-state index is -0.229. The van der Waals surface area contributed by atoms with Crippen molar-refractivity contribution in [2.45, 2.75) is 12.8 Å². The highest BCUT2D eigenvalue weighted by molar-refractivity contribution is 8.02. The van der Waals surface area contributed by atoms with E-state index in [1.165, 1.54) is 18.9 Å². The standard InChI is InChI=1S/C9H13NO3S/c1-13-9(12)3-2-4-10-5-6-14-7-8(10)11/h5-6H,2-4,7H2,1H3. The van der Waals surface area contributed by atoms with Gasteiger partial charge in [0.05, 0.1) is 12.9 Å². The van der Waals surface area contributed by atoms with Crippen LogP contribution in [0.2, 0.25) is 0 Å². The lowest BCUT2D eigenvalue weighted by Crippen LogP contribution is -2.30. The number of nitrogens with zero attached hydrogens (tertiary/aromatic N) is 1. The zero-order valence-electron chi connectivity index (χ0n) is 8.06. The second-order valence-electron chi connectivity index (χ2n) is 2.86. The van der Waals surface area contributed by atoms with Crippen LogP contribution in [0.4, 0.5) is 0 Å². The highest BCUT2D eigenvalue weighted by Gasteiger charge is 2.13. The molecule has 0 fully saturated rings. The number of thioether (sulfide) groups is 1. The molecule has 1 amide bonds. The van der Waals surface area contributed by atoms with Gasteiger partial charge in [0, 0.05) is 19.2 Å². The molecule has 0 saturated heterocycles. The van der Waals surface area contributed by atoms with Crippen molar-refractivity contribution in [3.05, 3.63) is 11.6 Å². The second kappa shape index (κ2) is 5.70. The quantitative estimate of drug-likeness (QED) is 0.656. The van der Waals surface area contributed by atoms with Gasteiger partial charge in [-0.2, -0.15) is 0 Å². The first-order chi connectivity index (χ1) is 6.74. The first kappa shape index (κ1) is 11.1. The lowest BCUT2D eigenvalue weighted by atomic mass is 10.3. The number of hydrogen-bond donors (Lipinski definition) is 0. The fourth-order valence-electron chi connectivity index (χ4n) is 1.10. The minimum Gasteiger partial charge on any atom is -0.469 e. The van der Waals surface area contributed by atoms with Crippen LogP contribution in [0.15, 0.2) is 11.6 Å². The largest absolute Gasteiger partial charge is 0.469 e. The summed E-state index contributed by atoms with van der Waals surface area (Å²) in [4.78, 5) is 23.7. The topological polar surface area (TPSA) is 46.6 Å². The van der Waals surface area contributed by atoms with Crippen molar-refractivity contribution in [1.82, 2.24) is 4.90 Å². The molecule has 1 aliphatic heterocycles. The molecule has 0 aromatic heterocycles. The fraction of sp³-hybridized carbons (Fsp3) is 0.556. The Labute approximate surface area is 87.3 Å². The molecule has 0 bridgehead atoms. The van der Waals surface area contributed by atoms with Crippen LogP contribution in [0.1, 0.15) is 12.8 Å². The SMILES string of the molecule is COC(=O)CCCN1C=CSCC1=O. The Morgan fingerprint density at radius 3 is 3.14 bits per heavy atom. The van der Waals surface area contributed by atoms with Crippen molar-refractivity contribution in [2.75, 3.05) is 19.4 Å². The number of hydrogen-bond acceptors (Lipinski definition) is 4. The number of amides is 1. The molecule has 78 valence electrons. The van der Waals surface area contributed by atoms with Gasteiger partial charge in [0.25, 0.3) is 0 Å². The molecule has 0 spiro atoms. The third-order valence-electron chi connectivity index (χ3n) is 1.87. The fourth-order valence-corrected chi connectivity index (χ4v) is 1.73. The number of methoxy groups -OCH3 is 1. The van der Waals surface area contributed by atoms with Gasteiger partial charge in [0.1, 0.15) is 0 Å². The average molecular weight is 215 g/mol. The Hall–Kier alpha value is -0.970. The molecule has 0 unspecified atom stereocenters. The predicted octanol–water partition coefficient (Wildman–Crippen LogP) is 0.986. The summed E-state index contributed by atoms with van der Waals surface area (Å²) in [7, 11) is 1.37. The summed E-state index contributed by atoms with van der Waals surface area (Å²) in [6.07, 6.45) is 2.77. The summed E-state index contributed by atoms with van der Waals surface area (Å²) < 4.78 is 4.50. The van der Waals surface area contributed by atoms with E-state index in [-0.39, 0.29) is 11.9 Å². The van der Waals surface area contributed by atoms with Crippen molar-refractivity contribution < 1.29 is 14.3 Å². The van der Waals surface area contributed by atoms with Crippen molar-refractivity contribution in [3.8, 4) is 0 Å². The molecule has 14 heavy (non-hydrogen) atoms. The molecule has 1 aliphatic rings. The third kappa shape index (κ3) is 3.41. The van der Waals surface area contributed by atoms with Gasteiger partial charge in [-0.05, 0) is 11.8 Å². The van der Waals surface area contributed by atoms with Crippen LogP contribution in [0.3, 0.4) is 0 Å². The van der Waals surface area contributed by atoms with E-state index < -0.39 is 0 Å². The maximum atomic E-state index is 11.3. The number of rotatable bonds is 4. The van der Waals surface area contributed by atoms with Gasteiger partial charge in [-0.1, -0.05) is 0 Å². The monoisotopic (exact) mass is 215 g/mol. The lowest BCUT2D eigenvalue weighted by molar-refractivity contribution is -0.141. The van der Waals surface area contributed by atoms with E-state index in [0.717, 1.165) is 0 Å². The molecule has 0 radical (unpaired) electrons. The minimum absolute atomic E-state index is 0.0994. The molecule has 0 N–H and O–H groups in total. The Balaban J connectivity index is 2.23. The van der Waals surface area contributed by atoms with Crippen molar-refractivity contribution in [3.63, 3.8) is 0 Å². The van der Waals surface area contributed by atoms with E-state index in [4.69, 9.17) is 0 Å². The maximum Gasteiger partial charge on any atom is 0.305 e. The Morgan fingerprint density at radius 1 is 1.71 bits per heavy atom. The molecule has 4 nitrogen and oxygen atoms in total. The van der Waals surface area contributed by atoms with Crippen LogP contribution in [-0.4, -0.2) is 36.2 Å². The van der Waals surface area contributed by atoms with Gasteiger partial charge >= 0.3 is 5.97 Å². The highest BCUT2D eigenvalue weighted by atomic mass is 32.2. The smallest absolute Gasteiger partial charge is 0.305 e. The molecular weight excluding hydrogens is 202 g/mol. The summed E-state index contributed by atoms with van der Waals surface area (Å²) in [6.45, 7) is 0.588. The molecular formula is C9H13NO3S. The zero-order valence-corrected chi connectivity index (χ0v) is 8.88. The molecule has 0 aromatic rings. The van der Waals surface area contributed by atoms with Gasteiger partial charge in [-0.3, -0.25) is 9.59 Å². The van der Waals surface area contributed by atoms with E-state index in [1.807, 2.05) is 5.41 Å². The Morgan fingerprint density at radius 2 is 2.50 bits per heavy atom. The van der Waals surface area contributed by atoms with Gasteiger partial charge in [-0.15, -0.1) is 11.8 Å².